The van der Waals surface area contributed by atoms with Crippen molar-refractivity contribution in [3.63, 3.8) is 0 Å². The van der Waals surface area contributed by atoms with Gasteiger partial charge in [0.25, 0.3) is 5.69 Å². The zero-order valence-corrected chi connectivity index (χ0v) is 9.78. The summed E-state index contributed by atoms with van der Waals surface area (Å²) in [6.45, 7) is 2.47. The van der Waals surface area contributed by atoms with Crippen molar-refractivity contribution in [3.05, 3.63) is 38.4 Å². The first-order valence-corrected chi connectivity index (χ1v) is 5.36. The van der Waals surface area contributed by atoms with Crippen LogP contribution in [0.3, 0.4) is 0 Å². The van der Waals surface area contributed by atoms with E-state index in [1.54, 1.807) is 0 Å². The maximum Gasteiger partial charge on any atom is 0.303 e. The van der Waals surface area contributed by atoms with Crippen molar-refractivity contribution in [3.8, 4) is 0 Å². The molecule has 96 valence electrons. The molecule has 8 nitrogen and oxygen atoms in total. The monoisotopic (exact) mass is 252 g/mol. The maximum absolute atomic E-state index is 10.8. The number of unbranched alkanes of at least 4 members (excludes halogenated alkanes) is 1. The molecular formula is C10H12N4O4. The van der Waals surface area contributed by atoms with E-state index in [0.717, 1.165) is 18.9 Å². The van der Waals surface area contributed by atoms with E-state index < -0.39 is 15.5 Å². The number of benzene rings is 1. The Hall–Kier alpha value is -2.38. The number of hydrogen-bond donors (Lipinski definition) is 0. The van der Waals surface area contributed by atoms with Gasteiger partial charge in [-0.25, -0.2) is 0 Å². The van der Waals surface area contributed by atoms with E-state index >= 15 is 0 Å². The molecule has 0 N–H and O–H groups in total. The molecule has 1 rings (SSSR count). The highest BCUT2D eigenvalue weighted by atomic mass is 16.6. The van der Waals surface area contributed by atoms with Crippen LogP contribution in [0.15, 0.2) is 28.4 Å². The fraction of sp³-hybridized carbons (Fsp3) is 0.400. The summed E-state index contributed by atoms with van der Waals surface area (Å²) in [5, 5.41) is 28.8. The van der Waals surface area contributed by atoms with Crippen molar-refractivity contribution in [1.82, 2.24) is 0 Å². The molecular weight excluding hydrogens is 240 g/mol. The van der Waals surface area contributed by atoms with Crippen LogP contribution in [0.25, 0.3) is 0 Å². The standard InChI is InChI=1S/C10H12N4O4/c1-2-3-6-11-12-9-5-4-8(13(15)16)7-10(9)14(17)18/h4-5,7H,2-3,6H2,1H3. The Morgan fingerprint density at radius 2 is 1.94 bits per heavy atom. The summed E-state index contributed by atoms with van der Waals surface area (Å²) in [6, 6.07) is 3.28. The van der Waals surface area contributed by atoms with Crippen molar-refractivity contribution in [2.24, 2.45) is 10.2 Å². The van der Waals surface area contributed by atoms with Crippen molar-refractivity contribution < 1.29 is 9.85 Å². The molecule has 0 atom stereocenters. The summed E-state index contributed by atoms with van der Waals surface area (Å²) in [6.07, 6.45) is 1.78. The highest BCUT2D eigenvalue weighted by molar-refractivity contribution is 5.61. The van der Waals surface area contributed by atoms with Gasteiger partial charge in [0.2, 0.25) is 0 Å². The second-order valence-electron chi connectivity index (χ2n) is 3.51. The Bertz CT molecular complexity index is 487. The first-order valence-electron chi connectivity index (χ1n) is 5.36. The minimum absolute atomic E-state index is 0.0294. The molecule has 0 saturated carbocycles. The van der Waals surface area contributed by atoms with Crippen LogP contribution in [0, 0.1) is 20.2 Å². The molecule has 0 amide bonds. The van der Waals surface area contributed by atoms with E-state index in [1.165, 1.54) is 12.1 Å². The number of nitro groups is 2. The van der Waals surface area contributed by atoms with Gasteiger partial charge in [0.1, 0.15) is 0 Å². The minimum atomic E-state index is -0.707. The molecule has 0 unspecified atom stereocenters. The topological polar surface area (TPSA) is 111 Å². The number of azo groups is 1. The molecule has 1 aromatic rings. The number of hydrogen-bond acceptors (Lipinski definition) is 6. The summed E-state index contributed by atoms with van der Waals surface area (Å²) >= 11 is 0. The first kappa shape index (κ1) is 13.7. The fourth-order valence-corrected chi connectivity index (χ4v) is 1.21. The average Bonchev–Trinajstić information content (AvgIpc) is 2.34. The number of nitro benzene ring substituents is 2. The molecule has 0 heterocycles. The Balaban J connectivity index is 3.00. The highest BCUT2D eigenvalue weighted by Crippen LogP contribution is 2.31. The van der Waals surface area contributed by atoms with Gasteiger partial charge in [-0.05, 0) is 12.5 Å². The molecule has 0 aliphatic heterocycles. The summed E-state index contributed by atoms with van der Waals surface area (Å²) in [4.78, 5) is 19.9. The summed E-state index contributed by atoms with van der Waals surface area (Å²) in [7, 11) is 0. The van der Waals surface area contributed by atoms with Gasteiger partial charge in [0.15, 0.2) is 5.69 Å². The number of non-ortho nitro benzene ring substituents is 1. The summed E-state index contributed by atoms with van der Waals surface area (Å²) in [5.74, 6) is 0. The molecule has 0 saturated heterocycles. The van der Waals surface area contributed by atoms with E-state index in [2.05, 4.69) is 10.2 Å². The molecule has 0 spiro atoms. The molecule has 0 radical (unpaired) electrons. The van der Waals surface area contributed by atoms with E-state index in [-0.39, 0.29) is 11.4 Å². The molecule has 0 fully saturated rings. The van der Waals surface area contributed by atoms with Crippen LogP contribution in [0.4, 0.5) is 17.1 Å². The van der Waals surface area contributed by atoms with Crippen LogP contribution in [0.2, 0.25) is 0 Å². The van der Waals surface area contributed by atoms with Crippen molar-refractivity contribution in [1.29, 1.82) is 0 Å². The third kappa shape index (κ3) is 3.58. The Labute approximate surface area is 103 Å². The fourth-order valence-electron chi connectivity index (χ4n) is 1.21. The van der Waals surface area contributed by atoms with Crippen LogP contribution in [-0.2, 0) is 0 Å². The van der Waals surface area contributed by atoms with Gasteiger partial charge >= 0.3 is 5.69 Å². The van der Waals surface area contributed by atoms with Crippen molar-refractivity contribution >= 4 is 17.1 Å². The summed E-state index contributed by atoms with van der Waals surface area (Å²) < 4.78 is 0. The van der Waals surface area contributed by atoms with E-state index in [9.17, 15) is 20.2 Å². The summed E-state index contributed by atoms with van der Waals surface area (Å²) in [5.41, 5.74) is -0.722. The Kier molecular flexibility index (Phi) is 4.85. The molecule has 0 aromatic heterocycles. The second-order valence-corrected chi connectivity index (χ2v) is 3.51. The predicted molar refractivity (Wildman–Crippen MR) is 64.0 cm³/mol. The molecule has 0 aliphatic carbocycles. The normalized spacial score (nSPS) is 10.7. The smallest absolute Gasteiger partial charge is 0.258 e. The number of rotatable bonds is 6. The lowest BCUT2D eigenvalue weighted by atomic mass is 10.2. The van der Waals surface area contributed by atoms with Gasteiger partial charge < -0.3 is 0 Å². The SMILES string of the molecule is CCCCN=Nc1ccc([N+](=O)[O-])cc1[N+](=O)[O-]. The van der Waals surface area contributed by atoms with E-state index in [0.29, 0.717) is 6.54 Å². The van der Waals surface area contributed by atoms with Crippen LogP contribution in [0.5, 0.6) is 0 Å². The Morgan fingerprint density at radius 3 is 2.50 bits per heavy atom. The van der Waals surface area contributed by atoms with Crippen LogP contribution < -0.4 is 0 Å². The van der Waals surface area contributed by atoms with E-state index in [1.807, 2.05) is 6.92 Å². The average molecular weight is 252 g/mol. The lowest BCUT2D eigenvalue weighted by Gasteiger charge is -1.96. The van der Waals surface area contributed by atoms with Crippen LogP contribution in [-0.4, -0.2) is 16.4 Å². The molecule has 0 bridgehead atoms. The van der Waals surface area contributed by atoms with Crippen molar-refractivity contribution in [2.75, 3.05) is 6.54 Å². The highest BCUT2D eigenvalue weighted by Gasteiger charge is 2.19. The van der Waals surface area contributed by atoms with Gasteiger partial charge in [-0.1, -0.05) is 13.3 Å². The van der Waals surface area contributed by atoms with Crippen molar-refractivity contribution in [2.45, 2.75) is 19.8 Å². The molecule has 1 aromatic carbocycles. The van der Waals surface area contributed by atoms with Gasteiger partial charge in [-0.15, -0.1) is 5.11 Å². The largest absolute Gasteiger partial charge is 0.303 e. The zero-order chi connectivity index (χ0) is 13.5. The number of nitrogens with zero attached hydrogens (tertiary/aromatic N) is 4. The van der Waals surface area contributed by atoms with Gasteiger partial charge in [0, 0.05) is 6.07 Å². The second kappa shape index (κ2) is 6.38. The maximum atomic E-state index is 10.8. The van der Waals surface area contributed by atoms with Gasteiger partial charge in [-0.2, -0.15) is 5.11 Å². The minimum Gasteiger partial charge on any atom is -0.258 e. The molecule has 8 heteroatoms. The quantitative estimate of drug-likeness (QED) is 0.334. The third-order valence-corrected chi connectivity index (χ3v) is 2.16. The predicted octanol–water partition coefficient (Wildman–Crippen LogP) is 3.39. The van der Waals surface area contributed by atoms with E-state index in [4.69, 9.17) is 0 Å². The lowest BCUT2D eigenvalue weighted by Crippen LogP contribution is -1.92. The van der Waals surface area contributed by atoms with Crippen LogP contribution >= 0.6 is 0 Å². The first-order chi connectivity index (χ1) is 8.56. The van der Waals surface area contributed by atoms with Gasteiger partial charge in [0.05, 0.1) is 22.5 Å². The molecule has 0 aliphatic rings. The zero-order valence-electron chi connectivity index (χ0n) is 9.78. The van der Waals surface area contributed by atoms with Crippen LogP contribution in [0.1, 0.15) is 19.8 Å². The van der Waals surface area contributed by atoms with Gasteiger partial charge in [-0.3, -0.25) is 20.2 Å². The molecule has 18 heavy (non-hydrogen) atoms. The Morgan fingerprint density at radius 1 is 1.22 bits per heavy atom. The lowest BCUT2D eigenvalue weighted by molar-refractivity contribution is -0.393. The third-order valence-electron chi connectivity index (χ3n) is 2.16.